The quantitative estimate of drug-likeness (QED) is 0.0592. The third kappa shape index (κ3) is 10.9. The second kappa shape index (κ2) is 21.2. The van der Waals surface area contributed by atoms with Crippen molar-refractivity contribution in [3.63, 3.8) is 0 Å². The average Bonchev–Trinajstić information content (AvgIpc) is 3.25. The van der Waals surface area contributed by atoms with Crippen molar-refractivity contribution in [1.82, 2.24) is 0 Å². The summed E-state index contributed by atoms with van der Waals surface area (Å²) in [5.41, 5.74) is 8.61. The summed E-state index contributed by atoms with van der Waals surface area (Å²) in [6.45, 7) is 7.77. The van der Waals surface area contributed by atoms with Crippen LogP contribution < -0.4 is 0 Å². The molecule has 56 heavy (non-hydrogen) atoms. The second-order valence-corrected chi connectivity index (χ2v) is 14.4. The Labute approximate surface area is 332 Å². The van der Waals surface area contributed by atoms with Crippen molar-refractivity contribution >= 4 is 0 Å². The smallest absolute Gasteiger partial charge is 0.225 e. The fourth-order valence-electron chi connectivity index (χ4n) is 7.32. The lowest BCUT2D eigenvalue weighted by molar-refractivity contribution is -0.384. The molecule has 0 aliphatic carbocycles. The Morgan fingerprint density at radius 3 is 1.82 bits per heavy atom. The number of hydrogen-bond acceptors (Lipinski definition) is 7. The number of methoxy groups -OCH3 is 1. The summed E-state index contributed by atoms with van der Waals surface area (Å²) < 4.78 is 39.4. The lowest BCUT2D eigenvalue weighted by Crippen LogP contribution is -2.66. The van der Waals surface area contributed by atoms with Crippen LogP contribution >= 0.6 is 0 Å². The van der Waals surface area contributed by atoms with Gasteiger partial charge in [0.25, 0.3) is 0 Å². The molecule has 2 unspecified atom stereocenters. The van der Waals surface area contributed by atoms with E-state index in [9.17, 15) is 5.11 Å². The highest BCUT2D eigenvalue weighted by Crippen LogP contribution is 2.44. The number of aliphatic hydroxyl groups is 1. The predicted molar refractivity (Wildman–Crippen MR) is 220 cm³/mol. The van der Waals surface area contributed by atoms with Crippen LogP contribution in [-0.2, 0) is 66.9 Å². The van der Waals surface area contributed by atoms with E-state index >= 15 is 0 Å². The van der Waals surface area contributed by atoms with E-state index < -0.39 is 30.2 Å². The summed E-state index contributed by atoms with van der Waals surface area (Å²) in [4.78, 5) is 0. The summed E-state index contributed by atoms with van der Waals surface area (Å²) in [7, 11) is 1.64. The molecule has 0 saturated carbocycles. The van der Waals surface area contributed by atoms with Crippen LogP contribution in [0.4, 0.5) is 0 Å². The lowest BCUT2D eigenvalue weighted by atomic mass is 9.85. The van der Waals surface area contributed by atoms with Crippen LogP contribution in [0.15, 0.2) is 146 Å². The predicted octanol–water partition coefficient (Wildman–Crippen LogP) is 9.06. The standard InChI is InChI=1S/C49H56O7/c1-4-29-52-30-15-14-16-38-24-26-39(27-25-38)31-43-32-44(28-23-37(43)2)49(51-3)48(55-36-42-21-12-7-13-22-42)47(54-35-41-19-10-6-11-20-41)46(45(33-50)56-49)53-34-40-17-8-5-9-18-40/h4-13,17-28,32,45-48,50H,1,14-16,29-31,33-36H2,2-3H3/t45?,46-,47?,48-,49+/m1/s1. The molecule has 5 aromatic rings. The first kappa shape index (κ1) is 41.2. The minimum Gasteiger partial charge on any atom is -0.394 e. The van der Waals surface area contributed by atoms with Crippen LogP contribution in [0.3, 0.4) is 0 Å². The van der Waals surface area contributed by atoms with Gasteiger partial charge in [0, 0.05) is 19.3 Å². The minimum absolute atomic E-state index is 0.285. The summed E-state index contributed by atoms with van der Waals surface area (Å²) in [5, 5.41) is 11.0. The first-order valence-corrected chi connectivity index (χ1v) is 19.7. The van der Waals surface area contributed by atoms with Crippen molar-refractivity contribution in [2.75, 3.05) is 26.9 Å². The third-order valence-corrected chi connectivity index (χ3v) is 10.4. The average molecular weight is 757 g/mol. The van der Waals surface area contributed by atoms with Crippen molar-refractivity contribution in [2.24, 2.45) is 0 Å². The molecule has 294 valence electrons. The zero-order valence-corrected chi connectivity index (χ0v) is 32.8. The van der Waals surface area contributed by atoms with Crippen molar-refractivity contribution < 1.29 is 33.5 Å². The second-order valence-electron chi connectivity index (χ2n) is 14.4. The number of unbranched alkanes of at least 4 members (excludes halogenated alkanes) is 1. The van der Waals surface area contributed by atoms with E-state index in [0.29, 0.717) is 19.8 Å². The monoisotopic (exact) mass is 756 g/mol. The van der Waals surface area contributed by atoms with Crippen LogP contribution in [0, 0.1) is 6.92 Å². The molecule has 1 saturated heterocycles. The molecule has 6 rings (SSSR count). The van der Waals surface area contributed by atoms with Gasteiger partial charge in [0.2, 0.25) is 5.79 Å². The molecule has 1 N–H and O–H groups in total. The number of rotatable bonds is 21. The van der Waals surface area contributed by atoms with Crippen LogP contribution in [0.1, 0.15) is 57.3 Å². The molecule has 5 atom stereocenters. The van der Waals surface area contributed by atoms with Crippen molar-refractivity contribution in [1.29, 1.82) is 0 Å². The maximum atomic E-state index is 11.0. The fourth-order valence-corrected chi connectivity index (χ4v) is 7.32. The van der Waals surface area contributed by atoms with E-state index in [4.69, 9.17) is 28.4 Å². The van der Waals surface area contributed by atoms with Gasteiger partial charge in [-0.3, -0.25) is 0 Å². The molecular weight excluding hydrogens is 701 g/mol. The lowest BCUT2D eigenvalue weighted by Gasteiger charge is -2.52. The molecule has 1 fully saturated rings. The van der Waals surface area contributed by atoms with E-state index in [1.807, 2.05) is 97.1 Å². The number of aliphatic hydroxyl groups excluding tert-OH is 1. The van der Waals surface area contributed by atoms with Crippen molar-refractivity contribution in [3.05, 3.63) is 191 Å². The zero-order chi connectivity index (χ0) is 39.0. The Morgan fingerprint density at radius 1 is 0.679 bits per heavy atom. The van der Waals surface area contributed by atoms with Crippen LogP contribution in [0.25, 0.3) is 0 Å². The third-order valence-electron chi connectivity index (χ3n) is 10.4. The SMILES string of the molecule is C=CCOCCCCc1ccc(Cc2cc([C@]3(OC)OC(CO)[C@@H](OCc4ccccc4)C(OCc4ccccc4)[C@H]3OCc3ccccc3)ccc2C)cc1. The molecule has 7 heteroatoms. The van der Waals surface area contributed by atoms with Crippen LogP contribution in [0.2, 0.25) is 0 Å². The Bertz CT molecular complexity index is 1880. The molecule has 5 aromatic carbocycles. The van der Waals surface area contributed by atoms with Gasteiger partial charge in [-0.2, -0.15) is 0 Å². The Kier molecular flexibility index (Phi) is 15.6. The van der Waals surface area contributed by atoms with Crippen LogP contribution in [-0.4, -0.2) is 56.5 Å². The van der Waals surface area contributed by atoms with Crippen molar-refractivity contribution in [3.8, 4) is 0 Å². The van der Waals surface area contributed by atoms with Gasteiger partial charge in [-0.05, 0) is 77.6 Å². The summed E-state index contributed by atoms with van der Waals surface area (Å²) in [5.74, 6) is -1.45. The topological polar surface area (TPSA) is 75.6 Å². The minimum atomic E-state index is -1.45. The highest BCUT2D eigenvalue weighted by Gasteiger charge is 2.58. The molecule has 0 bridgehead atoms. The highest BCUT2D eigenvalue weighted by atomic mass is 16.7. The Balaban J connectivity index is 1.32. The Morgan fingerprint density at radius 2 is 1.25 bits per heavy atom. The van der Waals surface area contributed by atoms with Gasteiger partial charge in [-0.25, -0.2) is 0 Å². The molecule has 0 spiro atoms. The molecule has 1 aliphatic heterocycles. The first-order valence-electron chi connectivity index (χ1n) is 19.7. The molecule has 0 amide bonds. The van der Waals surface area contributed by atoms with E-state index in [-0.39, 0.29) is 13.2 Å². The van der Waals surface area contributed by atoms with E-state index in [0.717, 1.165) is 65.7 Å². The van der Waals surface area contributed by atoms with Gasteiger partial charge < -0.3 is 33.5 Å². The van der Waals surface area contributed by atoms with Gasteiger partial charge in [-0.15, -0.1) is 6.58 Å². The van der Waals surface area contributed by atoms with Crippen LogP contribution in [0.5, 0.6) is 0 Å². The first-order chi connectivity index (χ1) is 27.5. The number of ether oxygens (including phenoxy) is 6. The highest BCUT2D eigenvalue weighted by molar-refractivity contribution is 5.39. The number of hydrogen-bond donors (Lipinski definition) is 1. The van der Waals surface area contributed by atoms with E-state index in [1.165, 1.54) is 11.1 Å². The summed E-state index contributed by atoms with van der Waals surface area (Å²) in [6, 6.07) is 45.3. The zero-order valence-electron chi connectivity index (χ0n) is 32.8. The summed E-state index contributed by atoms with van der Waals surface area (Å²) in [6.07, 6.45) is 2.66. The molecule has 1 heterocycles. The van der Waals surface area contributed by atoms with Gasteiger partial charge in [-0.1, -0.05) is 133 Å². The Hall–Kier alpha value is -4.44. The van der Waals surface area contributed by atoms with Gasteiger partial charge >= 0.3 is 0 Å². The number of aryl methyl sites for hydroxylation is 2. The van der Waals surface area contributed by atoms with Gasteiger partial charge in [0.1, 0.15) is 24.4 Å². The number of benzene rings is 5. The van der Waals surface area contributed by atoms with E-state index in [1.54, 1.807) is 13.2 Å². The molecular formula is C49H56O7. The van der Waals surface area contributed by atoms with E-state index in [2.05, 4.69) is 49.9 Å². The molecule has 7 nitrogen and oxygen atoms in total. The van der Waals surface area contributed by atoms with Crippen molar-refractivity contribution in [2.45, 2.75) is 82.6 Å². The normalized spacial score (nSPS) is 20.8. The molecule has 0 aromatic heterocycles. The largest absolute Gasteiger partial charge is 0.394 e. The molecule has 1 aliphatic rings. The summed E-state index contributed by atoms with van der Waals surface area (Å²) >= 11 is 0. The van der Waals surface area contributed by atoms with Gasteiger partial charge in [0.05, 0.1) is 33.0 Å². The maximum Gasteiger partial charge on any atom is 0.225 e. The van der Waals surface area contributed by atoms with Gasteiger partial charge in [0.15, 0.2) is 0 Å². The maximum absolute atomic E-state index is 11.0. The molecule has 0 radical (unpaired) electrons. The fraction of sp³-hybridized carbons (Fsp3) is 0.347.